The minimum absolute atomic E-state index is 0.212. The lowest BCUT2D eigenvalue weighted by atomic mass is 10.2. The van der Waals surface area contributed by atoms with Gasteiger partial charge in [0.25, 0.3) is 5.91 Å². The molecular weight excluding hydrogens is 308 g/mol. The van der Waals surface area contributed by atoms with E-state index in [0.29, 0.717) is 24.4 Å². The van der Waals surface area contributed by atoms with Crippen LogP contribution in [0.1, 0.15) is 16.9 Å². The van der Waals surface area contributed by atoms with Gasteiger partial charge in [-0.1, -0.05) is 6.07 Å². The van der Waals surface area contributed by atoms with Crippen molar-refractivity contribution in [3.63, 3.8) is 0 Å². The van der Waals surface area contributed by atoms with E-state index < -0.39 is 6.04 Å². The van der Waals surface area contributed by atoms with E-state index in [4.69, 9.17) is 4.74 Å². The van der Waals surface area contributed by atoms with Crippen LogP contribution in [-0.4, -0.2) is 52.4 Å². The smallest absolute Gasteiger partial charge is 0.273 e. The fourth-order valence-corrected chi connectivity index (χ4v) is 2.77. The van der Waals surface area contributed by atoms with Crippen molar-refractivity contribution < 1.29 is 14.3 Å². The van der Waals surface area contributed by atoms with E-state index in [1.807, 2.05) is 0 Å². The monoisotopic (exact) mass is 326 g/mol. The predicted molar refractivity (Wildman–Crippen MR) is 86.4 cm³/mol. The fraction of sp³-hybridized carbons (Fsp3) is 0.294. The van der Waals surface area contributed by atoms with Crippen molar-refractivity contribution in [2.75, 3.05) is 13.6 Å². The van der Waals surface area contributed by atoms with Crippen LogP contribution in [0, 0.1) is 0 Å². The van der Waals surface area contributed by atoms with Crippen LogP contribution in [0.25, 0.3) is 0 Å². The molecule has 0 aliphatic carbocycles. The highest BCUT2D eigenvalue weighted by Gasteiger charge is 2.41. The van der Waals surface area contributed by atoms with Crippen molar-refractivity contribution in [1.29, 1.82) is 0 Å². The molecule has 7 nitrogen and oxygen atoms in total. The van der Waals surface area contributed by atoms with Gasteiger partial charge in [-0.3, -0.25) is 19.6 Å². The highest BCUT2D eigenvalue weighted by atomic mass is 16.5. The first-order chi connectivity index (χ1) is 11.7. The van der Waals surface area contributed by atoms with Crippen molar-refractivity contribution in [1.82, 2.24) is 20.2 Å². The zero-order valence-electron chi connectivity index (χ0n) is 13.3. The van der Waals surface area contributed by atoms with Crippen LogP contribution < -0.4 is 10.1 Å². The Morgan fingerprint density at radius 3 is 2.79 bits per heavy atom. The van der Waals surface area contributed by atoms with Gasteiger partial charge < -0.3 is 15.0 Å². The summed E-state index contributed by atoms with van der Waals surface area (Å²) in [4.78, 5) is 34.5. The summed E-state index contributed by atoms with van der Waals surface area (Å²) >= 11 is 0. The first-order valence-electron chi connectivity index (χ1n) is 7.69. The van der Waals surface area contributed by atoms with Gasteiger partial charge in [-0.25, -0.2) is 0 Å². The maximum Gasteiger partial charge on any atom is 0.273 e. The molecule has 1 saturated heterocycles. The Morgan fingerprint density at radius 2 is 2.12 bits per heavy atom. The molecule has 0 spiro atoms. The van der Waals surface area contributed by atoms with E-state index in [2.05, 4.69) is 15.3 Å². The third-order valence-corrected chi connectivity index (χ3v) is 3.89. The Kier molecular flexibility index (Phi) is 4.69. The third kappa shape index (κ3) is 3.34. The lowest BCUT2D eigenvalue weighted by molar-refractivity contribution is -0.124. The van der Waals surface area contributed by atoms with Crippen molar-refractivity contribution in [3.8, 4) is 5.75 Å². The number of likely N-dealkylation sites (tertiary alicyclic amines) is 1. The van der Waals surface area contributed by atoms with Crippen LogP contribution in [0.4, 0.5) is 0 Å². The molecule has 1 aliphatic rings. The molecule has 2 aromatic heterocycles. The Balaban J connectivity index is 1.78. The number of carbonyl (C=O) groups is 2. The SMILES string of the molecule is CNC(=O)[C@@H]1C[C@H](Oc2cccnc2)CN1C(=O)c1ccccn1. The summed E-state index contributed by atoms with van der Waals surface area (Å²) < 4.78 is 5.86. The van der Waals surface area contributed by atoms with Crippen LogP contribution in [0.15, 0.2) is 48.9 Å². The number of ether oxygens (including phenoxy) is 1. The minimum Gasteiger partial charge on any atom is -0.487 e. The average Bonchev–Trinajstić information content (AvgIpc) is 3.05. The summed E-state index contributed by atoms with van der Waals surface area (Å²) in [7, 11) is 1.56. The second-order valence-corrected chi connectivity index (χ2v) is 5.47. The first kappa shape index (κ1) is 15.9. The van der Waals surface area contributed by atoms with Gasteiger partial charge in [0.1, 0.15) is 23.6 Å². The second kappa shape index (κ2) is 7.08. The molecule has 0 saturated carbocycles. The Morgan fingerprint density at radius 1 is 1.25 bits per heavy atom. The third-order valence-electron chi connectivity index (χ3n) is 3.89. The number of pyridine rings is 2. The molecule has 24 heavy (non-hydrogen) atoms. The van der Waals surface area contributed by atoms with Crippen molar-refractivity contribution in [2.45, 2.75) is 18.6 Å². The highest BCUT2D eigenvalue weighted by Crippen LogP contribution is 2.24. The molecule has 124 valence electrons. The molecular formula is C17H18N4O3. The zero-order chi connectivity index (χ0) is 16.9. The van der Waals surface area contributed by atoms with Gasteiger partial charge in [-0.05, 0) is 24.3 Å². The number of hydrogen-bond acceptors (Lipinski definition) is 5. The van der Waals surface area contributed by atoms with Crippen LogP contribution in [0.3, 0.4) is 0 Å². The van der Waals surface area contributed by atoms with E-state index in [-0.39, 0.29) is 17.9 Å². The molecule has 1 fully saturated rings. The van der Waals surface area contributed by atoms with E-state index in [0.717, 1.165) is 0 Å². The molecule has 3 heterocycles. The van der Waals surface area contributed by atoms with Gasteiger partial charge in [0.05, 0.1) is 12.7 Å². The van der Waals surface area contributed by atoms with Gasteiger partial charge in [0.2, 0.25) is 5.91 Å². The molecule has 1 N–H and O–H groups in total. The molecule has 3 rings (SSSR count). The Bertz CT molecular complexity index is 708. The van der Waals surface area contributed by atoms with Crippen LogP contribution in [-0.2, 0) is 4.79 Å². The van der Waals surface area contributed by atoms with E-state index >= 15 is 0 Å². The topological polar surface area (TPSA) is 84.4 Å². The number of hydrogen-bond donors (Lipinski definition) is 1. The number of nitrogens with zero attached hydrogens (tertiary/aromatic N) is 3. The van der Waals surface area contributed by atoms with Gasteiger partial charge >= 0.3 is 0 Å². The summed E-state index contributed by atoms with van der Waals surface area (Å²) in [5.74, 6) is 0.128. The second-order valence-electron chi connectivity index (χ2n) is 5.47. The summed E-state index contributed by atoms with van der Waals surface area (Å²) in [6.45, 7) is 0.322. The molecule has 7 heteroatoms. The average molecular weight is 326 g/mol. The standard InChI is InChI=1S/C17H18N4O3/c1-18-16(22)15-9-13(24-12-5-4-7-19-10-12)11-21(15)17(23)14-6-2-3-8-20-14/h2-8,10,13,15H,9,11H2,1H3,(H,18,22)/t13-,15-/m0/s1. The maximum absolute atomic E-state index is 12.7. The van der Waals surface area contributed by atoms with Gasteiger partial charge in [0.15, 0.2) is 0 Å². The largest absolute Gasteiger partial charge is 0.487 e. The van der Waals surface area contributed by atoms with E-state index in [9.17, 15) is 9.59 Å². The zero-order valence-corrected chi connectivity index (χ0v) is 13.3. The molecule has 0 bridgehead atoms. The summed E-state index contributed by atoms with van der Waals surface area (Å²) in [6, 6.07) is 8.12. The van der Waals surface area contributed by atoms with Crippen LogP contribution in [0.2, 0.25) is 0 Å². The molecule has 0 aromatic carbocycles. The van der Waals surface area contributed by atoms with Gasteiger partial charge in [-0.15, -0.1) is 0 Å². The normalized spacial score (nSPS) is 19.8. The number of rotatable bonds is 4. The molecule has 2 aromatic rings. The lowest BCUT2D eigenvalue weighted by Crippen LogP contribution is -2.45. The van der Waals surface area contributed by atoms with Gasteiger partial charge in [0, 0.05) is 25.9 Å². The summed E-state index contributed by atoms with van der Waals surface area (Å²) in [5, 5.41) is 2.61. The number of likely N-dealkylation sites (N-methyl/N-ethyl adjacent to an activating group) is 1. The first-order valence-corrected chi connectivity index (χ1v) is 7.69. The predicted octanol–water partition coefficient (Wildman–Crippen LogP) is 0.885. The highest BCUT2D eigenvalue weighted by molar-refractivity contribution is 5.96. The molecule has 2 atom stereocenters. The molecule has 1 aliphatic heterocycles. The van der Waals surface area contributed by atoms with Crippen LogP contribution in [0.5, 0.6) is 5.75 Å². The molecule has 0 radical (unpaired) electrons. The van der Waals surface area contributed by atoms with Gasteiger partial charge in [-0.2, -0.15) is 0 Å². The van der Waals surface area contributed by atoms with Crippen molar-refractivity contribution in [2.24, 2.45) is 0 Å². The number of amides is 2. The number of aromatic nitrogens is 2. The maximum atomic E-state index is 12.7. The minimum atomic E-state index is -0.578. The summed E-state index contributed by atoms with van der Waals surface area (Å²) in [6.07, 6.45) is 4.97. The van der Waals surface area contributed by atoms with E-state index in [1.165, 1.54) is 4.90 Å². The van der Waals surface area contributed by atoms with Crippen LogP contribution >= 0.6 is 0 Å². The Hall–Kier alpha value is -2.96. The van der Waals surface area contributed by atoms with Crippen molar-refractivity contribution >= 4 is 11.8 Å². The molecule has 0 unspecified atom stereocenters. The number of carbonyl (C=O) groups excluding carboxylic acids is 2. The lowest BCUT2D eigenvalue weighted by Gasteiger charge is -2.22. The van der Waals surface area contributed by atoms with Crippen molar-refractivity contribution in [3.05, 3.63) is 54.6 Å². The number of nitrogens with one attached hydrogen (secondary N) is 1. The molecule has 2 amide bonds. The summed E-state index contributed by atoms with van der Waals surface area (Å²) in [5.41, 5.74) is 0.313. The Labute approximate surface area is 139 Å². The fourth-order valence-electron chi connectivity index (χ4n) is 2.77. The van der Waals surface area contributed by atoms with E-state index in [1.54, 1.807) is 56.0 Å². The quantitative estimate of drug-likeness (QED) is 0.902.